The summed E-state index contributed by atoms with van der Waals surface area (Å²) >= 11 is 2.67. The summed E-state index contributed by atoms with van der Waals surface area (Å²) in [5.74, 6) is 6.79. The number of carbonyl (C=O) groups is 1. The van der Waals surface area contributed by atoms with Gasteiger partial charge in [-0.1, -0.05) is 78.0 Å². The smallest absolute Gasteiger partial charge is 0.239 e. The van der Waals surface area contributed by atoms with Crippen LogP contribution in [0.2, 0.25) is 0 Å². The number of carbonyl (C=O) groups excluding carboxylic acids is 1. The van der Waals surface area contributed by atoms with E-state index in [1.165, 1.54) is 27.8 Å². The van der Waals surface area contributed by atoms with E-state index in [0.717, 1.165) is 22.4 Å². The SMILES string of the molecule is C=CCN(C(=O)CSc1nnc(-c2ccc(C)cc2)n1N)c1nc(-c2ccccc2)cs1. The number of amides is 1. The number of nitrogen functional groups attached to an aromatic ring is 1. The van der Waals surface area contributed by atoms with E-state index in [1.807, 2.05) is 66.9 Å². The summed E-state index contributed by atoms with van der Waals surface area (Å²) in [6.07, 6.45) is 1.69. The summed E-state index contributed by atoms with van der Waals surface area (Å²) < 4.78 is 1.41. The number of aryl methyl sites for hydroxylation is 1. The first-order chi connectivity index (χ1) is 15.6. The Morgan fingerprint density at radius 3 is 2.62 bits per heavy atom. The van der Waals surface area contributed by atoms with Gasteiger partial charge in [0, 0.05) is 23.1 Å². The molecule has 0 saturated carbocycles. The minimum atomic E-state index is -0.108. The molecule has 4 aromatic rings. The number of nitrogens with zero attached hydrogens (tertiary/aromatic N) is 5. The second-order valence-electron chi connectivity index (χ2n) is 7.01. The van der Waals surface area contributed by atoms with Crippen molar-refractivity contribution in [3.63, 3.8) is 0 Å². The van der Waals surface area contributed by atoms with Crippen LogP contribution in [-0.2, 0) is 4.79 Å². The van der Waals surface area contributed by atoms with Crippen molar-refractivity contribution in [2.45, 2.75) is 12.1 Å². The van der Waals surface area contributed by atoms with Gasteiger partial charge in [0.15, 0.2) is 11.0 Å². The average Bonchev–Trinajstić information content (AvgIpc) is 3.44. The number of nitrogens with two attached hydrogens (primary N) is 1. The molecule has 0 unspecified atom stereocenters. The van der Waals surface area contributed by atoms with E-state index in [-0.39, 0.29) is 11.7 Å². The first-order valence-electron chi connectivity index (χ1n) is 9.89. The van der Waals surface area contributed by atoms with Gasteiger partial charge in [-0.3, -0.25) is 9.69 Å². The van der Waals surface area contributed by atoms with Crippen molar-refractivity contribution in [1.82, 2.24) is 19.9 Å². The molecule has 2 heterocycles. The van der Waals surface area contributed by atoms with Crippen LogP contribution in [0.3, 0.4) is 0 Å². The molecule has 4 rings (SSSR count). The van der Waals surface area contributed by atoms with E-state index in [2.05, 4.69) is 21.8 Å². The maximum Gasteiger partial charge on any atom is 0.239 e. The Labute approximate surface area is 194 Å². The lowest BCUT2D eigenvalue weighted by Gasteiger charge is -2.17. The summed E-state index contributed by atoms with van der Waals surface area (Å²) in [6.45, 7) is 6.16. The zero-order chi connectivity index (χ0) is 22.5. The molecule has 2 aromatic heterocycles. The highest BCUT2D eigenvalue weighted by Crippen LogP contribution is 2.28. The largest absolute Gasteiger partial charge is 0.335 e. The normalized spacial score (nSPS) is 10.8. The third-order valence-corrected chi connectivity index (χ3v) is 6.50. The molecule has 0 saturated heterocycles. The highest BCUT2D eigenvalue weighted by Gasteiger charge is 2.20. The quantitative estimate of drug-likeness (QED) is 0.237. The van der Waals surface area contributed by atoms with Gasteiger partial charge in [-0.25, -0.2) is 9.66 Å². The topological polar surface area (TPSA) is 89.9 Å². The van der Waals surface area contributed by atoms with E-state index in [4.69, 9.17) is 5.84 Å². The summed E-state index contributed by atoms with van der Waals surface area (Å²) in [6, 6.07) is 17.7. The van der Waals surface area contributed by atoms with E-state index in [9.17, 15) is 4.79 Å². The summed E-state index contributed by atoms with van der Waals surface area (Å²) in [7, 11) is 0. The maximum atomic E-state index is 13.0. The Balaban J connectivity index is 1.47. The summed E-state index contributed by atoms with van der Waals surface area (Å²) in [5.41, 5.74) is 3.87. The maximum absolute atomic E-state index is 13.0. The van der Waals surface area contributed by atoms with Gasteiger partial charge in [0.25, 0.3) is 0 Å². The lowest BCUT2D eigenvalue weighted by Crippen LogP contribution is -2.32. The first kappa shape index (κ1) is 21.8. The van der Waals surface area contributed by atoms with Gasteiger partial charge in [-0.05, 0) is 6.92 Å². The number of hydrogen-bond acceptors (Lipinski definition) is 7. The molecule has 162 valence electrons. The predicted molar refractivity (Wildman–Crippen MR) is 131 cm³/mol. The Morgan fingerprint density at radius 2 is 1.91 bits per heavy atom. The molecule has 0 aliphatic carbocycles. The molecule has 0 atom stereocenters. The minimum absolute atomic E-state index is 0.108. The van der Waals surface area contributed by atoms with Gasteiger partial charge in [0.1, 0.15) is 0 Å². The van der Waals surface area contributed by atoms with Crippen molar-refractivity contribution < 1.29 is 4.79 Å². The van der Waals surface area contributed by atoms with Crippen molar-refractivity contribution in [3.8, 4) is 22.6 Å². The van der Waals surface area contributed by atoms with E-state index >= 15 is 0 Å². The number of aromatic nitrogens is 4. The number of hydrogen-bond donors (Lipinski definition) is 1. The lowest BCUT2D eigenvalue weighted by atomic mass is 10.1. The summed E-state index contributed by atoms with van der Waals surface area (Å²) in [5, 5.41) is 11.4. The second kappa shape index (κ2) is 9.80. The van der Waals surface area contributed by atoms with E-state index in [1.54, 1.807) is 11.0 Å². The molecule has 0 aliphatic rings. The van der Waals surface area contributed by atoms with Crippen molar-refractivity contribution in [1.29, 1.82) is 0 Å². The van der Waals surface area contributed by atoms with Crippen molar-refractivity contribution >= 4 is 34.1 Å². The van der Waals surface area contributed by atoms with Crippen LogP contribution in [0, 0.1) is 6.92 Å². The van der Waals surface area contributed by atoms with Gasteiger partial charge >= 0.3 is 0 Å². The number of rotatable bonds is 8. The van der Waals surface area contributed by atoms with Crippen LogP contribution >= 0.6 is 23.1 Å². The fraction of sp³-hybridized carbons (Fsp3) is 0.130. The van der Waals surface area contributed by atoms with Gasteiger partial charge < -0.3 is 5.84 Å². The van der Waals surface area contributed by atoms with Crippen LogP contribution in [0.15, 0.2) is 77.8 Å². The Morgan fingerprint density at radius 1 is 1.16 bits per heavy atom. The molecular weight excluding hydrogens is 440 g/mol. The average molecular weight is 463 g/mol. The predicted octanol–water partition coefficient (Wildman–Crippen LogP) is 4.40. The van der Waals surface area contributed by atoms with Crippen molar-refractivity contribution in [2.75, 3.05) is 23.0 Å². The molecule has 32 heavy (non-hydrogen) atoms. The van der Waals surface area contributed by atoms with Crippen LogP contribution in [0.25, 0.3) is 22.6 Å². The Bertz CT molecular complexity index is 1220. The highest BCUT2D eigenvalue weighted by atomic mass is 32.2. The third kappa shape index (κ3) is 4.74. The molecule has 0 radical (unpaired) electrons. The van der Waals surface area contributed by atoms with E-state index < -0.39 is 0 Å². The molecule has 0 aliphatic heterocycles. The van der Waals surface area contributed by atoms with E-state index in [0.29, 0.717) is 22.7 Å². The molecule has 0 spiro atoms. The summed E-state index contributed by atoms with van der Waals surface area (Å²) in [4.78, 5) is 19.3. The number of thiazole rings is 1. The van der Waals surface area contributed by atoms with Crippen LogP contribution in [0.1, 0.15) is 5.56 Å². The second-order valence-corrected chi connectivity index (χ2v) is 8.78. The first-order valence-corrected chi connectivity index (χ1v) is 11.8. The standard InChI is InChI=1S/C23H22N6OS2/c1-3-13-28(22-25-19(14-31-22)17-7-5-4-6-8-17)20(30)15-32-23-27-26-21(29(23)24)18-11-9-16(2)10-12-18/h3-12,14H,1,13,15,24H2,2H3. The molecule has 0 fully saturated rings. The van der Waals surface area contributed by atoms with Gasteiger partial charge in [0.2, 0.25) is 11.1 Å². The molecule has 9 heteroatoms. The Kier molecular flexibility index (Phi) is 6.67. The van der Waals surface area contributed by atoms with Gasteiger partial charge in [0.05, 0.1) is 11.4 Å². The zero-order valence-corrected chi connectivity index (χ0v) is 19.1. The van der Waals surface area contributed by atoms with Crippen molar-refractivity contribution in [2.24, 2.45) is 0 Å². The minimum Gasteiger partial charge on any atom is -0.335 e. The fourth-order valence-corrected chi connectivity index (χ4v) is 4.62. The monoisotopic (exact) mass is 462 g/mol. The zero-order valence-electron chi connectivity index (χ0n) is 17.5. The molecule has 2 aromatic carbocycles. The van der Waals surface area contributed by atoms with Crippen LogP contribution in [0.4, 0.5) is 5.13 Å². The third-order valence-electron chi connectivity index (χ3n) is 4.70. The molecule has 0 bridgehead atoms. The molecule has 2 N–H and O–H groups in total. The molecule has 1 amide bonds. The molecule has 7 nitrogen and oxygen atoms in total. The van der Waals surface area contributed by atoms with Gasteiger partial charge in [-0.2, -0.15) is 0 Å². The number of anilines is 1. The van der Waals surface area contributed by atoms with Crippen LogP contribution in [-0.4, -0.2) is 38.1 Å². The number of benzene rings is 2. The van der Waals surface area contributed by atoms with Crippen LogP contribution in [0.5, 0.6) is 0 Å². The fourth-order valence-electron chi connectivity index (χ4n) is 3.02. The molecular formula is C23H22N6OS2. The van der Waals surface area contributed by atoms with Crippen molar-refractivity contribution in [3.05, 3.63) is 78.2 Å². The lowest BCUT2D eigenvalue weighted by molar-refractivity contribution is -0.116. The number of thioether (sulfide) groups is 1. The van der Waals surface area contributed by atoms with Crippen LogP contribution < -0.4 is 10.7 Å². The Hall–Kier alpha value is -3.43. The highest BCUT2D eigenvalue weighted by molar-refractivity contribution is 7.99. The van der Waals surface area contributed by atoms with Gasteiger partial charge in [-0.15, -0.1) is 28.1 Å².